The molecule has 5 rings (SSSR count). The van der Waals surface area contributed by atoms with E-state index in [4.69, 9.17) is 33.2 Å². The van der Waals surface area contributed by atoms with Crippen LogP contribution in [0.5, 0.6) is 0 Å². The first-order chi connectivity index (χ1) is 41.0. The number of carboxylic acids is 1. The SMILES string of the molecule is C[C@@H]1[C@H](O)[C@@H](C)/C=C/C=C/C=C/C=C/C=C/C=C/C=C/[C@H](O[C@@H]2O[C@H](C)[C@@H](O)[C@H](NCC3(O)OCC(O)C(OC4OC(CO)C(O)C(O)C4O)C3O)[C@@H]2O)CC2O[C@](O)(C[C@@H](O)[C@H](O)CC[C@@H](O)CC(O)C[C@@H](O)CC(=O)O[C@H]1C)C[C@H](O)[C@H]2C(=O)O. The maximum Gasteiger partial charge on any atom is 0.311 e. The van der Waals surface area contributed by atoms with Gasteiger partial charge in [0, 0.05) is 31.1 Å². The van der Waals surface area contributed by atoms with Gasteiger partial charge in [0.2, 0.25) is 5.79 Å². The molecule has 11 unspecified atom stereocenters. The smallest absolute Gasteiger partial charge is 0.311 e. The largest absolute Gasteiger partial charge is 0.481 e. The van der Waals surface area contributed by atoms with E-state index in [9.17, 15) is 102 Å². The van der Waals surface area contributed by atoms with E-state index < -0.39 is 221 Å². The van der Waals surface area contributed by atoms with Gasteiger partial charge in [0.05, 0.1) is 99.4 Å². The molecular formula is C59H93NO27. The summed E-state index contributed by atoms with van der Waals surface area (Å²) in [4.78, 5) is 25.5. The van der Waals surface area contributed by atoms with Crippen LogP contribution in [0.2, 0.25) is 0 Å². The van der Waals surface area contributed by atoms with E-state index in [-0.39, 0.29) is 31.6 Å². The normalized spacial score (nSPS) is 47.7. The Morgan fingerprint density at radius 3 is 1.79 bits per heavy atom. The van der Waals surface area contributed by atoms with Crippen molar-refractivity contribution in [2.75, 3.05) is 19.8 Å². The highest BCUT2D eigenvalue weighted by Crippen LogP contribution is 2.39. The van der Waals surface area contributed by atoms with Gasteiger partial charge in [-0.25, -0.2) is 0 Å². The number of allylic oxidation sites excluding steroid dienone is 12. The maximum atomic E-state index is 12.8. The fourth-order valence-electron chi connectivity index (χ4n) is 11.0. The Morgan fingerprint density at radius 2 is 1.18 bits per heavy atom. The van der Waals surface area contributed by atoms with Crippen LogP contribution in [0, 0.1) is 17.8 Å². The van der Waals surface area contributed by atoms with E-state index in [0.29, 0.717) is 0 Å². The van der Waals surface area contributed by atoms with E-state index in [2.05, 4.69) is 5.32 Å². The number of cyclic esters (lactones) is 1. The number of hydrogen-bond donors (Lipinski definition) is 19. The third-order valence-corrected chi connectivity index (χ3v) is 16.4. The third-order valence-electron chi connectivity index (χ3n) is 16.4. The van der Waals surface area contributed by atoms with Gasteiger partial charge in [-0.2, -0.15) is 0 Å². The quantitative estimate of drug-likeness (QED) is 0.0978. The fourth-order valence-corrected chi connectivity index (χ4v) is 11.0. The fraction of sp³-hybridized carbons (Fsp3) is 0.729. The van der Waals surface area contributed by atoms with Crippen LogP contribution in [0.3, 0.4) is 0 Å². The molecule has 0 saturated carbocycles. The molecule has 28 heteroatoms. The summed E-state index contributed by atoms with van der Waals surface area (Å²) in [5.41, 5.74) is 0. The molecule has 496 valence electrons. The minimum atomic E-state index is -2.68. The van der Waals surface area contributed by atoms with E-state index in [1.54, 1.807) is 93.7 Å². The second-order valence-corrected chi connectivity index (χ2v) is 23.4. The molecule has 19 N–H and O–H groups in total. The molecule has 0 aliphatic carbocycles. The molecule has 2 bridgehead atoms. The van der Waals surface area contributed by atoms with Crippen LogP contribution < -0.4 is 5.32 Å². The number of ether oxygens (including phenoxy) is 7. The van der Waals surface area contributed by atoms with Crippen LogP contribution in [0.1, 0.15) is 79.1 Å². The number of rotatable bonds is 9. The van der Waals surface area contributed by atoms with Crippen molar-refractivity contribution in [2.24, 2.45) is 17.8 Å². The molecule has 0 radical (unpaired) electrons. The van der Waals surface area contributed by atoms with Crippen LogP contribution in [0.4, 0.5) is 0 Å². The lowest BCUT2D eigenvalue weighted by Gasteiger charge is -2.48. The standard InChI is InChI=1S/C59H93NO27/c1-30-17-15-13-11-9-7-5-6-8-10-12-14-16-18-37(84-56-50(73)46(48(71)33(4)83-56)60-29-59(80)54(76)53(41(68)28-81-59)86-57-52(75)51(74)49(72)43(27-61)85-57)24-42-45(55(77)78)40(67)26-58(79,87-42)25-39(66)38(65)20-19-34(62)21-35(63)22-36(64)23-44(69)82-32(3)31(2)47(30)70/h5-18,30-43,45-54,56-57,60-68,70-76,79-80H,19-29H2,1-4H3,(H,77,78)/b6-5+,9-7+,10-8+,13-11+,14-12+,17-15+,18-16+/t30-,31-,32-,33+,34+,35?,36+,37-,38+,39+,40-,41?,42?,43?,45+,46-,47+,48+,49?,50-,51?,52?,53?,54?,56-,57?,58+,59?/m0/s1. The minimum absolute atomic E-state index is 0.212. The van der Waals surface area contributed by atoms with Crippen molar-refractivity contribution in [1.29, 1.82) is 0 Å². The summed E-state index contributed by atoms with van der Waals surface area (Å²) < 4.78 is 40.0. The second-order valence-electron chi connectivity index (χ2n) is 23.4. The van der Waals surface area contributed by atoms with Crippen molar-refractivity contribution in [2.45, 2.75) is 231 Å². The van der Waals surface area contributed by atoms with Crippen molar-refractivity contribution in [3.05, 3.63) is 85.1 Å². The van der Waals surface area contributed by atoms with Crippen molar-refractivity contribution >= 4 is 11.9 Å². The van der Waals surface area contributed by atoms with Crippen molar-refractivity contribution in [3.8, 4) is 0 Å². The topological polar surface area (TPSA) is 475 Å². The summed E-state index contributed by atoms with van der Waals surface area (Å²) >= 11 is 0. The van der Waals surface area contributed by atoms with Gasteiger partial charge in [-0.1, -0.05) is 98.9 Å². The number of carbonyl (C=O) groups is 2. The number of carbonyl (C=O) groups excluding carboxylic acids is 1. The molecule has 5 aliphatic rings. The van der Waals surface area contributed by atoms with Gasteiger partial charge in [0.25, 0.3) is 0 Å². The first kappa shape index (κ1) is 73.9. The average molecular weight is 1250 g/mol. The van der Waals surface area contributed by atoms with E-state index in [1.165, 1.54) is 19.1 Å². The summed E-state index contributed by atoms with van der Waals surface area (Å²) in [5.74, 6) is -10.1. The van der Waals surface area contributed by atoms with Crippen molar-refractivity contribution in [1.82, 2.24) is 5.32 Å². The van der Waals surface area contributed by atoms with Gasteiger partial charge >= 0.3 is 11.9 Å². The monoisotopic (exact) mass is 1250 g/mol. The van der Waals surface area contributed by atoms with Gasteiger partial charge < -0.3 is 130 Å². The second kappa shape index (κ2) is 34.5. The number of aliphatic carboxylic acids is 1. The number of fused-ring (bicyclic) bond motifs is 2. The average Bonchev–Trinajstić information content (AvgIpc) is 0.907. The first-order valence-corrected chi connectivity index (χ1v) is 29.4. The highest BCUT2D eigenvalue weighted by atomic mass is 16.7. The molecule has 0 spiro atoms. The Balaban J connectivity index is 1.37. The molecule has 5 heterocycles. The molecule has 0 aromatic carbocycles. The zero-order valence-electron chi connectivity index (χ0n) is 49.1. The zero-order chi connectivity index (χ0) is 64.5. The molecule has 0 amide bonds. The van der Waals surface area contributed by atoms with E-state index in [0.717, 1.165) is 0 Å². The van der Waals surface area contributed by atoms with Gasteiger partial charge in [-0.05, 0) is 39.5 Å². The first-order valence-electron chi connectivity index (χ1n) is 29.4. The molecule has 5 aliphatic heterocycles. The van der Waals surface area contributed by atoms with Crippen LogP contribution in [-0.4, -0.2) is 276 Å². The van der Waals surface area contributed by atoms with Crippen molar-refractivity contribution < 1.29 is 135 Å². The third kappa shape index (κ3) is 21.4. The summed E-state index contributed by atoms with van der Waals surface area (Å²) in [6, 6.07) is -1.49. The molecule has 87 heavy (non-hydrogen) atoms. The Bertz CT molecular complexity index is 2320. The number of aliphatic hydroxyl groups is 17. The number of aliphatic hydroxyl groups excluding tert-OH is 15. The summed E-state index contributed by atoms with van der Waals surface area (Å²) in [6.07, 6.45) is -15.0. The molecule has 28 nitrogen and oxygen atoms in total. The predicted molar refractivity (Wildman–Crippen MR) is 302 cm³/mol. The summed E-state index contributed by atoms with van der Waals surface area (Å²) in [5, 5.41) is 199. The van der Waals surface area contributed by atoms with Gasteiger partial charge in [0.15, 0.2) is 18.4 Å². The minimum Gasteiger partial charge on any atom is -0.481 e. The lowest BCUT2D eigenvalue weighted by atomic mass is 9.82. The number of carboxylic acid groups (broad SMARTS) is 1. The molecule has 28 atom stereocenters. The number of esters is 1. The van der Waals surface area contributed by atoms with Gasteiger partial charge in [-0.15, -0.1) is 0 Å². The number of nitrogens with one attached hydrogen (secondary N) is 1. The highest BCUT2D eigenvalue weighted by Gasteiger charge is 2.55. The highest BCUT2D eigenvalue weighted by molar-refractivity contribution is 5.71. The van der Waals surface area contributed by atoms with Crippen LogP contribution in [0.25, 0.3) is 0 Å². The zero-order valence-corrected chi connectivity index (χ0v) is 49.1. The molecule has 0 aromatic heterocycles. The van der Waals surface area contributed by atoms with E-state index >= 15 is 0 Å². The predicted octanol–water partition coefficient (Wildman–Crippen LogP) is -4.03. The molecule has 0 aromatic rings. The Labute approximate surface area is 504 Å². The van der Waals surface area contributed by atoms with E-state index in [1.807, 2.05) is 0 Å². The van der Waals surface area contributed by atoms with Crippen LogP contribution in [0.15, 0.2) is 85.1 Å². The Morgan fingerprint density at radius 1 is 0.609 bits per heavy atom. The lowest BCUT2D eigenvalue weighted by Crippen LogP contribution is -2.70. The molecule has 4 fully saturated rings. The lowest BCUT2D eigenvalue weighted by molar-refractivity contribution is -0.368. The molecular weight excluding hydrogens is 1150 g/mol. The summed E-state index contributed by atoms with van der Waals surface area (Å²) in [6.45, 7) is 4.19. The van der Waals surface area contributed by atoms with Gasteiger partial charge in [-0.3, -0.25) is 9.59 Å². The Kier molecular flexibility index (Phi) is 29.3. The van der Waals surface area contributed by atoms with Crippen molar-refractivity contribution in [3.63, 3.8) is 0 Å². The van der Waals surface area contributed by atoms with Crippen LogP contribution >= 0.6 is 0 Å². The summed E-state index contributed by atoms with van der Waals surface area (Å²) in [7, 11) is 0. The Hall–Kier alpha value is -3.84. The molecule has 4 saturated heterocycles. The maximum absolute atomic E-state index is 12.8. The number of hydrogen-bond acceptors (Lipinski definition) is 27. The van der Waals surface area contributed by atoms with Crippen LogP contribution in [-0.2, 0) is 42.7 Å². The van der Waals surface area contributed by atoms with Gasteiger partial charge in [0.1, 0.15) is 60.9 Å².